The molecule has 3 heteroatoms. The van der Waals surface area contributed by atoms with Gasteiger partial charge in [0.1, 0.15) is 0 Å². The molecule has 0 saturated carbocycles. The van der Waals surface area contributed by atoms with E-state index in [0.29, 0.717) is 6.42 Å². The van der Waals surface area contributed by atoms with Gasteiger partial charge < -0.3 is 4.74 Å². The lowest BCUT2D eigenvalue weighted by Gasteiger charge is -2.34. The molecule has 0 radical (unpaired) electrons. The van der Waals surface area contributed by atoms with Crippen molar-refractivity contribution in [2.75, 3.05) is 26.3 Å². The molecule has 1 aliphatic heterocycles. The van der Waals surface area contributed by atoms with E-state index >= 15 is 0 Å². The van der Waals surface area contributed by atoms with Crippen molar-refractivity contribution in [1.82, 2.24) is 4.90 Å². The van der Waals surface area contributed by atoms with Gasteiger partial charge in [-0.25, -0.2) is 0 Å². The van der Waals surface area contributed by atoms with Crippen molar-refractivity contribution in [2.45, 2.75) is 12.5 Å². The monoisotopic (exact) mass is 321 g/mol. The molecule has 0 N–H and O–H groups in total. The van der Waals surface area contributed by atoms with E-state index in [4.69, 9.17) is 4.74 Å². The molecule has 1 saturated heterocycles. The van der Waals surface area contributed by atoms with Gasteiger partial charge in [-0.2, -0.15) is 0 Å². The fourth-order valence-electron chi connectivity index (χ4n) is 3.03. The minimum absolute atomic E-state index is 0.114. The van der Waals surface area contributed by atoms with Crippen LogP contribution in [0.1, 0.15) is 23.6 Å². The Bertz CT molecular complexity index is 661. The van der Waals surface area contributed by atoms with E-state index in [1.54, 1.807) is 6.08 Å². The average molecular weight is 321 g/mol. The Kier molecular flexibility index (Phi) is 5.94. The number of hydrogen-bond donors (Lipinski definition) is 0. The molecule has 3 rings (SSSR count). The van der Waals surface area contributed by atoms with E-state index in [1.807, 2.05) is 54.6 Å². The number of morpholine rings is 1. The van der Waals surface area contributed by atoms with E-state index in [1.165, 1.54) is 5.56 Å². The summed E-state index contributed by atoms with van der Waals surface area (Å²) in [5, 5.41) is 0. The number of benzene rings is 2. The zero-order valence-corrected chi connectivity index (χ0v) is 13.8. The van der Waals surface area contributed by atoms with Gasteiger partial charge >= 0.3 is 0 Å². The van der Waals surface area contributed by atoms with Gasteiger partial charge in [-0.15, -0.1) is 0 Å². The largest absolute Gasteiger partial charge is 0.379 e. The summed E-state index contributed by atoms with van der Waals surface area (Å²) in [6.45, 7) is 3.21. The van der Waals surface area contributed by atoms with Crippen LogP contribution in [0.3, 0.4) is 0 Å². The number of allylic oxidation sites excluding steroid dienone is 1. The van der Waals surface area contributed by atoms with E-state index < -0.39 is 0 Å². The number of nitrogens with zero attached hydrogens (tertiary/aromatic N) is 1. The molecule has 2 aromatic rings. The van der Waals surface area contributed by atoms with Crippen LogP contribution in [-0.2, 0) is 9.53 Å². The quantitative estimate of drug-likeness (QED) is 0.759. The van der Waals surface area contributed by atoms with Gasteiger partial charge in [-0.1, -0.05) is 66.7 Å². The van der Waals surface area contributed by atoms with Gasteiger partial charge in [0.05, 0.1) is 13.2 Å². The predicted octanol–water partition coefficient (Wildman–Crippen LogP) is 3.73. The third-order valence-corrected chi connectivity index (χ3v) is 4.33. The van der Waals surface area contributed by atoms with Gasteiger partial charge in [0, 0.05) is 25.6 Å². The highest BCUT2D eigenvalue weighted by molar-refractivity contribution is 5.94. The Labute approximate surface area is 143 Å². The number of ketones is 1. The fourth-order valence-corrected chi connectivity index (χ4v) is 3.03. The van der Waals surface area contributed by atoms with Crippen LogP contribution in [0.15, 0.2) is 66.7 Å². The number of rotatable bonds is 6. The highest BCUT2D eigenvalue weighted by Crippen LogP contribution is 2.25. The molecular weight excluding hydrogens is 298 g/mol. The number of carbonyl (C=O) groups is 1. The Morgan fingerprint density at radius 2 is 1.62 bits per heavy atom. The van der Waals surface area contributed by atoms with E-state index in [9.17, 15) is 4.79 Å². The summed E-state index contributed by atoms with van der Waals surface area (Å²) in [7, 11) is 0. The summed E-state index contributed by atoms with van der Waals surface area (Å²) in [4.78, 5) is 14.9. The average Bonchev–Trinajstić information content (AvgIpc) is 2.67. The second kappa shape index (κ2) is 8.57. The molecule has 24 heavy (non-hydrogen) atoms. The molecule has 2 aromatic carbocycles. The first-order valence-electron chi connectivity index (χ1n) is 8.45. The molecule has 3 nitrogen and oxygen atoms in total. The van der Waals surface area contributed by atoms with Crippen molar-refractivity contribution in [3.05, 3.63) is 77.9 Å². The first-order chi connectivity index (χ1) is 11.8. The second-order valence-electron chi connectivity index (χ2n) is 5.99. The van der Waals surface area contributed by atoms with Gasteiger partial charge in [-0.05, 0) is 17.2 Å². The molecular formula is C21H23NO2. The van der Waals surface area contributed by atoms with Crippen LogP contribution in [0, 0.1) is 0 Å². The normalized spacial score (nSPS) is 17.0. The number of ether oxygens (including phenoxy) is 1. The summed E-state index contributed by atoms with van der Waals surface area (Å²) in [6, 6.07) is 20.3. The van der Waals surface area contributed by atoms with Gasteiger partial charge in [0.15, 0.2) is 5.78 Å². The van der Waals surface area contributed by atoms with Crippen molar-refractivity contribution in [3.8, 4) is 0 Å². The summed E-state index contributed by atoms with van der Waals surface area (Å²) in [5.74, 6) is 0.152. The highest BCUT2D eigenvalue weighted by Gasteiger charge is 2.24. The lowest BCUT2D eigenvalue weighted by Crippen LogP contribution is -2.39. The lowest BCUT2D eigenvalue weighted by atomic mass is 9.98. The molecule has 1 heterocycles. The summed E-state index contributed by atoms with van der Waals surface area (Å²) < 4.78 is 5.46. The van der Waals surface area contributed by atoms with Crippen molar-refractivity contribution in [3.63, 3.8) is 0 Å². The third-order valence-electron chi connectivity index (χ3n) is 4.33. The Morgan fingerprint density at radius 3 is 2.29 bits per heavy atom. The third kappa shape index (κ3) is 4.63. The molecule has 0 bridgehead atoms. The molecule has 0 aromatic heterocycles. The zero-order valence-electron chi connectivity index (χ0n) is 13.8. The van der Waals surface area contributed by atoms with Crippen molar-refractivity contribution in [1.29, 1.82) is 0 Å². The number of carbonyl (C=O) groups excluding carboxylic acids is 1. The standard InChI is InChI=1S/C21H23NO2/c23-20(12-11-18-7-3-1-4-8-18)17-21(19-9-5-2-6-10-19)22-13-15-24-16-14-22/h1-12,21H,13-17H2/b12-11+/t21-/m1/s1. The topological polar surface area (TPSA) is 29.5 Å². The Balaban J connectivity index is 1.71. The SMILES string of the molecule is O=C(/C=C/c1ccccc1)C[C@H](c1ccccc1)N1CCOCC1. The minimum atomic E-state index is 0.114. The summed E-state index contributed by atoms with van der Waals surface area (Å²) in [6.07, 6.45) is 4.09. The molecule has 1 aliphatic rings. The Hall–Kier alpha value is -2.23. The maximum absolute atomic E-state index is 12.5. The van der Waals surface area contributed by atoms with E-state index in [0.717, 1.165) is 31.9 Å². The molecule has 0 spiro atoms. The molecule has 1 fully saturated rings. The van der Waals surface area contributed by atoms with Crippen molar-refractivity contribution in [2.24, 2.45) is 0 Å². The Morgan fingerprint density at radius 1 is 1.00 bits per heavy atom. The van der Waals surface area contributed by atoms with E-state index in [2.05, 4.69) is 17.0 Å². The number of hydrogen-bond acceptors (Lipinski definition) is 3. The molecule has 124 valence electrons. The smallest absolute Gasteiger partial charge is 0.157 e. The fraction of sp³-hybridized carbons (Fsp3) is 0.286. The van der Waals surface area contributed by atoms with Crippen molar-refractivity contribution < 1.29 is 9.53 Å². The zero-order chi connectivity index (χ0) is 16.6. The van der Waals surface area contributed by atoms with E-state index in [-0.39, 0.29) is 11.8 Å². The molecule has 0 unspecified atom stereocenters. The van der Waals surface area contributed by atoms with Gasteiger partial charge in [0.25, 0.3) is 0 Å². The first kappa shape index (κ1) is 16.6. The lowest BCUT2D eigenvalue weighted by molar-refractivity contribution is -0.116. The summed E-state index contributed by atoms with van der Waals surface area (Å²) in [5.41, 5.74) is 2.24. The van der Waals surface area contributed by atoms with Crippen LogP contribution in [0.5, 0.6) is 0 Å². The van der Waals surface area contributed by atoms with Crippen LogP contribution in [0.25, 0.3) is 6.08 Å². The predicted molar refractivity (Wildman–Crippen MR) is 96.7 cm³/mol. The summed E-state index contributed by atoms with van der Waals surface area (Å²) >= 11 is 0. The van der Waals surface area contributed by atoms with Crippen molar-refractivity contribution >= 4 is 11.9 Å². The highest BCUT2D eigenvalue weighted by atomic mass is 16.5. The van der Waals surface area contributed by atoms with Crippen LogP contribution in [-0.4, -0.2) is 37.0 Å². The minimum Gasteiger partial charge on any atom is -0.379 e. The molecule has 1 atom stereocenters. The molecule has 0 amide bonds. The maximum Gasteiger partial charge on any atom is 0.157 e. The maximum atomic E-state index is 12.5. The van der Waals surface area contributed by atoms with Gasteiger partial charge in [0.2, 0.25) is 0 Å². The van der Waals surface area contributed by atoms with Crippen LogP contribution >= 0.6 is 0 Å². The second-order valence-corrected chi connectivity index (χ2v) is 5.99. The van der Waals surface area contributed by atoms with Crippen LogP contribution in [0.2, 0.25) is 0 Å². The van der Waals surface area contributed by atoms with Gasteiger partial charge in [-0.3, -0.25) is 9.69 Å². The molecule has 0 aliphatic carbocycles. The van der Waals surface area contributed by atoms with Crippen LogP contribution < -0.4 is 0 Å². The van der Waals surface area contributed by atoms with Crippen LogP contribution in [0.4, 0.5) is 0 Å². The first-order valence-corrected chi connectivity index (χ1v) is 8.45.